The van der Waals surface area contributed by atoms with Gasteiger partial charge >= 0.3 is 6.09 Å². The zero-order valence-corrected chi connectivity index (χ0v) is 23.1. The number of nitrogen functional groups attached to an aromatic ring is 2. The normalized spacial score (nSPS) is 24.7. The number of amides is 2. The maximum atomic E-state index is 12.5. The van der Waals surface area contributed by atoms with Crippen LogP contribution < -0.4 is 21.5 Å². The quantitative estimate of drug-likeness (QED) is 0.239. The summed E-state index contributed by atoms with van der Waals surface area (Å²) in [5.74, 6) is 1.22. The molecule has 1 aliphatic carbocycles. The number of nitrogens with two attached hydrogens (primary N) is 2. The number of carbonyl (C=O) groups is 2. The van der Waals surface area contributed by atoms with Crippen LogP contribution in [0.3, 0.4) is 0 Å². The lowest BCUT2D eigenvalue weighted by Gasteiger charge is -2.31. The molecule has 42 heavy (non-hydrogen) atoms. The van der Waals surface area contributed by atoms with Gasteiger partial charge in [-0.3, -0.25) is 9.36 Å². The number of aryl methyl sites for hydroxylation is 1. The first-order valence-electron chi connectivity index (χ1n) is 14.4. The van der Waals surface area contributed by atoms with Crippen molar-refractivity contribution >= 4 is 34.7 Å². The topological polar surface area (TPSA) is 204 Å². The first kappa shape index (κ1) is 28.1. The van der Waals surface area contributed by atoms with Crippen molar-refractivity contribution in [1.82, 2.24) is 29.7 Å². The number of benzene rings is 1. The first-order chi connectivity index (χ1) is 20.3. The molecule has 7 N–H and O–H groups in total. The lowest BCUT2D eigenvalue weighted by atomic mass is 9.91. The predicted molar refractivity (Wildman–Crippen MR) is 151 cm³/mol. The molecule has 14 heteroatoms. The van der Waals surface area contributed by atoms with Crippen LogP contribution >= 0.6 is 0 Å². The highest BCUT2D eigenvalue weighted by atomic mass is 16.6. The van der Waals surface area contributed by atoms with Crippen molar-refractivity contribution in [2.75, 3.05) is 24.6 Å². The standard InChI is InChI=1S/C28H36N8O6/c29-16-4-8-18(9-5-16)41-28(40)35-12-10-15(11-13-35)2-1-3-19-33-24(30)20-25(34-19)36(14-31-20)27-22(38)21(37)23(42-27)26(39)32-17-6-7-17/h4-5,8-9,14-15,17,21-23,27,37-38H,1-3,6-7,10-13,29H2,(H,32,39)(H2,30,33,34)/t21-,22+,23-,27+/m0/s1. The number of carbonyl (C=O) groups excluding carboxylic acids is 2. The summed E-state index contributed by atoms with van der Waals surface area (Å²) in [6.07, 6.45) is 1.94. The number of likely N-dealkylation sites (tertiary alicyclic amines) is 1. The molecule has 0 spiro atoms. The zero-order valence-electron chi connectivity index (χ0n) is 23.1. The number of nitrogens with zero attached hydrogens (tertiary/aromatic N) is 5. The van der Waals surface area contributed by atoms with Crippen molar-refractivity contribution in [3.63, 3.8) is 0 Å². The van der Waals surface area contributed by atoms with Gasteiger partial charge in [-0.25, -0.2) is 19.7 Å². The Labute approximate surface area is 242 Å². The Morgan fingerprint density at radius 3 is 2.50 bits per heavy atom. The van der Waals surface area contributed by atoms with E-state index in [0.29, 0.717) is 53.9 Å². The van der Waals surface area contributed by atoms with Crippen molar-refractivity contribution in [1.29, 1.82) is 0 Å². The third-order valence-corrected chi connectivity index (χ3v) is 8.16. The molecule has 3 fully saturated rings. The number of fused-ring (bicyclic) bond motifs is 1. The van der Waals surface area contributed by atoms with E-state index >= 15 is 0 Å². The van der Waals surface area contributed by atoms with Gasteiger partial charge in [-0.15, -0.1) is 0 Å². The van der Waals surface area contributed by atoms with Crippen LogP contribution in [0.4, 0.5) is 16.3 Å². The molecule has 2 aromatic heterocycles. The number of rotatable bonds is 8. The number of hydrogen-bond acceptors (Lipinski definition) is 11. The van der Waals surface area contributed by atoms with Crippen LogP contribution in [0.25, 0.3) is 11.2 Å². The average molecular weight is 581 g/mol. The second kappa shape index (κ2) is 11.7. The van der Waals surface area contributed by atoms with Crippen LogP contribution in [0, 0.1) is 5.92 Å². The van der Waals surface area contributed by atoms with Gasteiger partial charge in [-0.1, -0.05) is 0 Å². The fourth-order valence-electron chi connectivity index (χ4n) is 5.55. The van der Waals surface area contributed by atoms with E-state index in [1.54, 1.807) is 29.2 Å². The Morgan fingerprint density at radius 1 is 1.05 bits per heavy atom. The highest BCUT2D eigenvalue weighted by Gasteiger charge is 2.48. The molecule has 0 unspecified atom stereocenters. The van der Waals surface area contributed by atoms with Crippen LogP contribution in [-0.4, -0.2) is 84.1 Å². The molecule has 1 aromatic carbocycles. The summed E-state index contributed by atoms with van der Waals surface area (Å²) in [6.45, 7) is 1.25. The Balaban J connectivity index is 1.03. The second-order valence-corrected chi connectivity index (χ2v) is 11.3. The molecule has 2 saturated heterocycles. The summed E-state index contributed by atoms with van der Waals surface area (Å²) in [7, 11) is 0. The number of anilines is 2. The minimum Gasteiger partial charge on any atom is -0.410 e. The Hall–Kier alpha value is -4.01. The largest absolute Gasteiger partial charge is 0.415 e. The molecule has 3 aromatic rings. The third-order valence-electron chi connectivity index (χ3n) is 8.16. The number of imidazole rings is 1. The van der Waals surface area contributed by atoms with Crippen molar-refractivity contribution in [3.05, 3.63) is 36.4 Å². The number of nitrogens with one attached hydrogen (secondary N) is 1. The maximum absolute atomic E-state index is 12.5. The van der Waals surface area contributed by atoms with Gasteiger partial charge in [0.15, 0.2) is 23.8 Å². The molecule has 14 nitrogen and oxygen atoms in total. The van der Waals surface area contributed by atoms with Gasteiger partial charge in [0.2, 0.25) is 0 Å². The molecular weight excluding hydrogens is 544 g/mol. The zero-order chi connectivity index (χ0) is 29.4. The van der Waals surface area contributed by atoms with Gasteiger partial charge in [0.25, 0.3) is 5.91 Å². The number of piperidine rings is 1. The van der Waals surface area contributed by atoms with E-state index in [0.717, 1.165) is 38.5 Å². The van der Waals surface area contributed by atoms with Gasteiger partial charge in [0, 0.05) is 31.2 Å². The van der Waals surface area contributed by atoms with Gasteiger partial charge in [-0.05, 0) is 68.7 Å². The summed E-state index contributed by atoms with van der Waals surface area (Å²) in [5.41, 5.74) is 13.2. The van der Waals surface area contributed by atoms with E-state index in [1.165, 1.54) is 10.9 Å². The lowest BCUT2D eigenvalue weighted by molar-refractivity contribution is -0.137. The summed E-state index contributed by atoms with van der Waals surface area (Å²) in [4.78, 5) is 40.1. The van der Waals surface area contributed by atoms with Gasteiger partial charge in [-0.2, -0.15) is 0 Å². The number of aromatic nitrogens is 4. The van der Waals surface area contributed by atoms with Crippen molar-refractivity contribution in [3.8, 4) is 5.75 Å². The Morgan fingerprint density at radius 2 is 1.79 bits per heavy atom. The summed E-state index contributed by atoms with van der Waals surface area (Å²) in [6, 6.07) is 6.84. The fraction of sp³-hybridized carbons (Fsp3) is 0.536. The van der Waals surface area contributed by atoms with Crippen LogP contribution in [0.5, 0.6) is 5.75 Å². The van der Waals surface area contributed by atoms with Gasteiger partial charge in [0.1, 0.15) is 29.3 Å². The van der Waals surface area contributed by atoms with E-state index < -0.39 is 30.4 Å². The Kier molecular flexibility index (Phi) is 7.84. The van der Waals surface area contributed by atoms with E-state index in [4.69, 9.17) is 20.9 Å². The highest BCUT2D eigenvalue weighted by molar-refractivity contribution is 5.83. The highest BCUT2D eigenvalue weighted by Crippen LogP contribution is 2.33. The van der Waals surface area contributed by atoms with Crippen molar-refractivity contribution < 1.29 is 29.3 Å². The van der Waals surface area contributed by atoms with Crippen LogP contribution in [0.1, 0.15) is 50.6 Å². The monoisotopic (exact) mass is 580 g/mol. The van der Waals surface area contributed by atoms with E-state index in [1.807, 2.05) is 0 Å². The average Bonchev–Trinajstić information content (AvgIpc) is 3.61. The number of aliphatic hydroxyl groups is 2. The molecule has 4 heterocycles. The molecule has 224 valence electrons. The molecule has 0 bridgehead atoms. The number of aliphatic hydroxyl groups excluding tert-OH is 2. The van der Waals surface area contributed by atoms with Crippen LogP contribution in [-0.2, 0) is 16.0 Å². The SMILES string of the molecule is Nc1ccc(OC(=O)N2CCC(CCCc3nc(N)c4ncn([C@@H]5O[C@H](C(=O)NC6CC6)[C@@H](O)[C@H]5O)c4n3)CC2)cc1. The molecule has 4 atom stereocenters. The number of ether oxygens (including phenoxy) is 2. The van der Waals surface area contributed by atoms with E-state index in [2.05, 4.69) is 20.3 Å². The van der Waals surface area contributed by atoms with E-state index in [9.17, 15) is 19.8 Å². The second-order valence-electron chi connectivity index (χ2n) is 11.3. The summed E-state index contributed by atoms with van der Waals surface area (Å²) >= 11 is 0. The molecular formula is C28H36N8O6. The van der Waals surface area contributed by atoms with Crippen molar-refractivity contribution in [2.24, 2.45) is 5.92 Å². The minimum absolute atomic E-state index is 0.0954. The molecule has 1 saturated carbocycles. The van der Waals surface area contributed by atoms with Crippen LogP contribution in [0.2, 0.25) is 0 Å². The first-order valence-corrected chi connectivity index (χ1v) is 14.4. The predicted octanol–water partition coefficient (Wildman–Crippen LogP) is 1.12. The smallest absolute Gasteiger partial charge is 0.410 e. The Bertz CT molecular complexity index is 1440. The maximum Gasteiger partial charge on any atom is 0.415 e. The molecule has 2 amide bonds. The summed E-state index contributed by atoms with van der Waals surface area (Å²) in [5, 5.41) is 24.0. The van der Waals surface area contributed by atoms with Gasteiger partial charge < -0.3 is 41.4 Å². The number of hydrogen-bond donors (Lipinski definition) is 5. The van der Waals surface area contributed by atoms with E-state index in [-0.39, 0.29) is 18.0 Å². The molecule has 2 aliphatic heterocycles. The molecule has 3 aliphatic rings. The molecule has 6 rings (SSSR count). The third kappa shape index (κ3) is 5.96. The fourth-order valence-corrected chi connectivity index (χ4v) is 5.55. The molecule has 0 radical (unpaired) electrons. The minimum atomic E-state index is -1.39. The lowest BCUT2D eigenvalue weighted by Crippen LogP contribution is -2.43. The van der Waals surface area contributed by atoms with Gasteiger partial charge in [0.05, 0.1) is 6.33 Å². The van der Waals surface area contributed by atoms with Crippen molar-refractivity contribution in [2.45, 2.75) is 75.5 Å². The summed E-state index contributed by atoms with van der Waals surface area (Å²) < 4.78 is 12.7. The van der Waals surface area contributed by atoms with Crippen LogP contribution in [0.15, 0.2) is 30.6 Å².